The van der Waals surface area contributed by atoms with Gasteiger partial charge in [-0.25, -0.2) is 9.18 Å². The molecule has 0 radical (unpaired) electrons. The molecule has 2 N–H and O–H groups in total. The van der Waals surface area contributed by atoms with Crippen LogP contribution in [-0.2, 0) is 0 Å². The molecule has 0 aromatic heterocycles. The van der Waals surface area contributed by atoms with Crippen LogP contribution < -0.4 is 10.1 Å². The second-order valence-corrected chi connectivity index (χ2v) is 3.86. The van der Waals surface area contributed by atoms with Gasteiger partial charge in [0.1, 0.15) is 11.6 Å². The molecule has 0 spiro atoms. The molecule has 0 atom stereocenters. The van der Waals surface area contributed by atoms with Crippen molar-refractivity contribution in [1.29, 1.82) is 0 Å². The monoisotopic (exact) mass is 261 g/mol. The number of methoxy groups -OCH3 is 1. The van der Waals surface area contributed by atoms with Gasteiger partial charge in [-0.05, 0) is 30.3 Å². The van der Waals surface area contributed by atoms with Gasteiger partial charge in [0.25, 0.3) is 0 Å². The van der Waals surface area contributed by atoms with E-state index in [1.165, 1.54) is 12.1 Å². The Labute approximate surface area is 109 Å². The lowest BCUT2D eigenvalue weighted by Crippen LogP contribution is -2.00. The number of carbonyl (C=O) groups is 1. The maximum Gasteiger partial charge on any atom is 0.335 e. The van der Waals surface area contributed by atoms with Gasteiger partial charge in [0.15, 0.2) is 0 Å². The lowest BCUT2D eigenvalue weighted by Gasteiger charge is -2.09. The molecule has 19 heavy (non-hydrogen) atoms. The molecule has 0 heterocycles. The van der Waals surface area contributed by atoms with Crippen molar-refractivity contribution in [3.8, 4) is 5.75 Å². The van der Waals surface area contributed by atoms with Crippen LogP contribution in [0.3, 0.4) is 0 Å². The van der Waals surface area contributed by atoms with E-state index in [4.69, 9.17) is 9.84 Å². The Morgan fingerprint density at radius 3 is 2.68 bits per heavy atom. The largest absolute Gasteiger partial charge is 0.497 e. The summed E-state index contributed by atoms with van der Waals surface area (Å²) in [5.41, 5.74) is 0.772. The number of carboxylic acids is 1. The Balaban J connectivity index is 2.25. The average Bonchev–Trinajstić information content (AvgIpc) is 2.41. The molecule has 5 heteroatoms. The zero-order valence-electron chi connectivity index (χ0n) is 10.2. The topological polar surface area (TPSA) is 58.6 Å². The average molecular weight is 261 g/mol. The quantitative estimate of drug-likeness (QED) is 0.886. The van der Waals surface area contributed by atoms with Gasteiger partial charge >= 0.3 is 5.97 Å². The molecule has 0 amide bonds. The minimum absolute atomic E-state index is 0.0892. The van der Waals surface area contributed by atoms with Gasteiger partial charge in [-0.3, -0.25) is 0 Å². The van der Waals surface area contributed by atoms with Gasteiger partial charge in [-0.2, -0.15) is 0 Å². The summed E-state index contributed by atoms with van der Waals surface area (Å²) in [6, 6.07) is 10.7. The molecule has 0 aliphatic heterocycles. The van der Waals surface area contributed by atoms with Crippen molar-refractivity contribution < 1.29 is 19.0 Å². The second kappa shape index (κ2) is 5.39. The molecular weight excluding hydrogens is 249 g/mol. The molecule has 0 saturated carbocycles. The van der Waals surface area contributed by atoms with E-state index in [-0.39, 0.29) is 11.3 Å². The molecule has 2 aromatic rings. The number of carboxylic acid groups (broad SMARTS) is 1. The number of aromatic carboxylic acids is 1. The maximum absolute atomic E-state index is 13.7. The van der Waals surface area contributed by atoms with Crippen LogP contribution in [0.1, 0.15) is 10.4 Å². The van der Waals surface area contributed by atoms with E-state index in [1.807, 2.05) is 0 Å². The molecule has 2 rings (SSSR count). The molecule has 0 unspecified atom stereocenters. The van der Waals surface area contributed by atoms with E-state index >= 15 is 0 Å². The van der Waals surface area contributed by atoms with Gasteiger partial charge in [-0.15, -0.1) is 0 Å². The normalized spacial score (nSPS) is 10.0. The summed E-state index contributed by atoms with van der Waals surface area (Å²) >= 11 is 0. The molecule has 0 bridgehead atoms. The van der Waals surface area contributed by atoms with Crippen LogP contribution >= 0.6 is 0 Å². The first-order valence-electron chi connectivity index (χ1n) is 5.54. The van der Waals surface area contributed by atoms with Crippen molar-refractivity contribution in [2.45, 2.75) is 0 Å². The third-order valence-corrected chi connectivity index (χ3v) is 2.56. The summed E-state index contributed by atoms with van der Waals surface area (Å²) in [6.07, 6.45) is 0. The second-order valence-electron chi connectivity index (χ2n) is 3.86. The predicted molar refractivity (Wildman–Crippen MR) is 69.6 cm³/mol. The highest BCUT2D eigenvalue weighted by molar-refractivity contribution is 5.88. The lowest BCUT2D eigenvalue weighted by atomic mass is 10.2. The van der Waals surface area contributed by atoms with E-state index in [1.54, 1.807) is 31.4 Å². The van der Waals surface area contributed by atoms with E-state index in [2.05, 4.69) is 5.32 Å². The van der Waals surface area contributed by atoms with Crippen LogP contribution in [0.5, 0.6) is 5.75 Å². The minimum Gasteiger partial charge on any atom is -0.497 e. The Morgan fingerprint density at radius 2 is 2.05 bits per heavy atom. The van der Waals surface area contributed by atoms with Crippen LogP contribution in [0, 0.1) is 5.82 Å². The third kappa shape index (κ3) is 3.01. The van der Waals surface area contributed by atoms with Crippen LogP contribution in [0.15, 0.2) is 42.5 Å². The fraction of sp³-hybridized carbons (Fsp3) is 0.0714. The molecule has 2 aromatic carbocycles. The zero-order valence-corrected chi connectivity index (χ0v) is 10.2. The lowest BCUT2D eigenvalue weighted by molar-refractivity contribution is 0.0696. The number of nitrogens with one attached hydrogen (secondary N) is 1. The number of ether oxygens (including phenoxy) is 1. The van der Waals surface area contributed by atoms with Crippen molar-refractivity contribution in [2.24, 2.45) is 0 Å². The molecule has 0 aliphatic rings. The number of benzene rings is 2. The molecule has 4 nitrogen and oxygen atoms in total. The van der Waals surface area contributed by atoms with Gasteiger partial charge in [-0.1, -0.05) is 6.07 Å². The van der Waals surface area contributed by atoms with Gasteiger partial charge < -0.3 is 15.2 Å². The first-order chi connectivity index (χ1) is 9.10. The first-order valence-corrected chi connectivity index (χ1v) is 5.54. The molecule has 0 fully saturated rings. The van der Waals surface area contributed by atoms with Gasteiger partial charge in [0.2, 0.25) is 0 Å². The van der Waals surface area contributed by atoms with Crippen LogP contribution in [-0.4, -0.2) is 18.2 Å². The SMILES string of the molecule is COc1cccc(Nc2ccc(C(=O)O)cc2F)c1. The predicted octanol–water partition coefficient (Wildman–Crippen LogP) is 3.28. The standard InChI is InChI=1S/C14H12FNO3/c1-19-11-4-2-3-10(8-11)16-13-6-5-9(14(17)18)7-12(13)15/h2-8,16H,1H3,(H,17,18). The maximum atomic E-state index is 13.7. The summed E-state index contributed by atoms with van der Waals surface area (Å²) in [4.78, 5) is 10.7. The van der Waals surface area contributed by atoms with E-state index in [0.717, 1.165) is 6.07 Å². The summed E-state index contributed by atoms with van der Waals surface area (Å²) < 4.78 is 18.8. The molecular formula is C14H12FNO3. The number of hydrogen-bond acceptors (Lipinski definition) is 3. The first kappa shape index (κ1) is 12.9. The highest BCUT2D eigenvalue weighted by Gasteiger charge is 2.08. The van der Waals surface area contributed by atoms with Crippen molar-refractivity contribution in [1.82, 2.24) is 0 Å². The summed E-state index contributed by atoms with van der Waals surface area (Å²) in [5.74, 6) is -1.14. The Hall–Kier alpha value is -2.56. The number of hydrogen-bond donors (Lipinski definition) is 2. The van der Waals surface area contributed by atoms with E-state index in [9.17, 15) is 9.18 Å². The molecule has 98 valence electrons. The number of halogens is 1. The fourth-order valence-corrected chi connectivity index (χ4v) is 1.61. The highest BCUT2D eigenvalue weighted by Crippen LogP contribution is 2.23. The number of anilines is 2. The molecule has 0 aliphatic carbocycles. The highest BCUT2D eigenvalue weighted by atomic mass is 19.1. The van der Waals surface area contributed by atoms with Crippen molar-refractivity contribution in [3.63, 3.8) is 0 Å². The summed E-state index contributed by atoms with van der Waals surface area (Å²) in [6.45, 7) is 0. The zero-order chi connectivity index (χ0) is 13.8. The van der Waals surface area contributed by atoms with Crippen molar-refractivity contribution in [3.05, 3.63) is 53.8 Å². The van der Waals surface area contributed by atoms with E-state index < -0.39 is 11.8 Å². The van der Waals surface area contributed by atoms with Crippen LogP contribution in [0.4, 0.5) is 15.8 Å². The minimum atomic E-state index is -1.16. The summed E-state index contributed by atoms with van der Waals surface area (Å²) in [7, 11) is 1.54. The van der Waals surface area contributed by atoms with Crippen LogP contribution in [0.2, 0.25) is 0 Å². The van der Waals surface area contributed by atoms with E-state index in [0.29, 0.717) is 11.4 Å². The fourth-order valence-electron chi connectivity index (χ4n) is 1.61. The van der Waals surface area contributed by atoms with Crippen molar-refractivity contribution >= 4 is 17.3 Å². The van der Waals surface area contributed by atoms with Crippen molar-refractivity contribution in [2.75, 3.05) is 12.4 Å². The Bertz CT molecular complexity index is 613. The molecule has 0 saturated heterocycles. The summed E-state index contributed by atoms with van der Waals surface area (Å²) in [5, 5.41) is 11.6. The van der Waals surface area contributed by atoms with Gasteiger partial charge in [0.05, 0.1) is 18.4 Å². The van der Waals surface area contributed by atoms with Gasteiger partial charge in [0, 0.05) is 11.8 Å². The Kier molecular flexibility index (Phi) is 3.66. The number of rotatable bonds is 4. The third-order valence-electron chi connectivity index (χ3n) is 2.56. The Morgan fingerprint density at radius 1 is 1.26 bits per heavy atom. The smallest absolute Gasteiger partial charge is 0.335 e. The van der Waals surface area contributed by atoms with Crippen LogP contribution in [0.25, 0.3) is 0 Å².